The number of nitrogens with one attached hydrogen (secondary N) is 1. The minimum Gasteiger partial charge on any atom is -0.380 e. The van der Waals surface area contributed by atoms with Gasteiger partial charge in [-0.25, -0.2) is 0 Å². The Bertz CT molecular complexity index is 226. The molecule has 1 saturated carbocycles. The minimum atomic E-state index is 0.726. The standard InChI is InChI=1S/C14H28N2O/c1-3-16(9-10-17-4-2)12-13-11-14(13)5-7-15-8-6-14/h13,15H,3-12H2,1-2H3. The van der Waals surface area contributed by atoms with Gasteiger partial charge in [-0.2, -0.15) is 0 Å². The molecule has 0 aromatic heterocycles. The van der Waals surface area contributed by atoms with E-state index in [0.717, 1.165) is 37.6 Å². The first-order valence-corrected chi connectivity index (χ1v) is 7.31. The Balaban J connectivity index is 1.69. The van der Waals surface area contributed by atoms with E-state index in [1.54, 1.807) is 0 Å². The van der Waals surface area contributed by atoms with E-state index in [1.165, 1.54) is 38.9 Å². The second kappa shape index (κ2) is 6.17. The van der Waals surface area contributed by atoms with Crippen LogP contribution in [0.5, 0.6) is 0 Å². The van der Waals surface area contributed by atoms with Crippen LogP contribution in [0, 0.1) is 11.3 Å². The molecule has 1 spiro atoms. The summed E-state index contributed by atoms with van der Waals surface area (Å²) < 4.78 is 5.45. The molecule has 1 heterocycles. The predicted molar refractivity (Wildman–Crippen MR) is 71.3 cm³/mol. The molecule has 1 N–H and O–H groups in total. The number of rotatable bonds is 7. The van der Waals surface area contributed by atoms with Crippen molar-refractivity contribution in [2.24, 2.45) is 11.3 Å². The molecule has 17 heavy (non-hydrogen) atoms. The molecule has 100 valence electrons. The molecule has 1 saturated heterocycles. The Labute approximate surface area is 106 Å². The molecule has 1 atom stereocenters. The SMILES string of the molecule is CCOCCN(CC)CC1CC12CCNCC2. The van der Waals surface area contributed by atoms with Crippen LogP contribution in [0.15, 0.2) is 0 Å². The fraction of sp³-hybridized carbons (Fsp3) is 1.00. The molecule has 0 amide bonds. The molecule has 2 rings (SSSR count). The molecular weight excluding hydrogens is 212 g/mol. The first-order valence-electron chi connectivity index (χ1n) is 7.31. The first kappa shape index (κ1) is 13.3. The van der Waals surface area contributed by atoms with Crippen molar-refractivity contribution in [2.45, 2.75) is 33.1 Å². The molecule has 2 aliphatic rings. The maximum Gasteiger partial charge on any atom is 0.0593 e. The van der Waals surface area contributed by atoms with Crippen LogP contribution in [0.4, 0.5) is 0 Å². The second-order valence-corrected chi connectivity index (χ2v) is 5.60. The van der Waals surface area contributed by atoms with Gasteiger partial charge in [-0.1, -0.05) is 6.92 Å². The molecule has 3 nitrogen and oxygen atoms in total. The monoisotopic (exact) mass is 240 g/mol. The van der Waals surface area contributed by atoms with E-state index < -0.39 is 0 Å². The molecule has 1 unspecified atom stereocenters. The Morgan fingerprint density at radius 3 is 2.71 bits per heavy atom. The number of nitrogens with zero attached hydrogens (tertiary/aromatic N) is 1. The highest BCUT2D eigenvalue weighted by Crippen LogP contribution is 2.58. The molecule has 3 heteroatoms. The van der Waals surface area contributed by atoms with Crippen LogP contribution < -0.4 is 5.32 Å². The average molecular weight is 240 g/mol. The maximum absolute atomic E-state index is 5.45. The van der Waals surface area contributed by atoms with Gasteiger partial charge in [0, 0.05) is 19.7 Å². The molecule has 0 aromatic rings. The summed E-state index contributed by atoms with van der Waals surface area (Å²) in [5.41, 5.74) is 0.726. The van der Waals surface area contributed by atoms with Crippen LogP contribution in [0.1, 0.15) is 33.1 Å². The van der Waals surface area contributed by atoms with Gasteiger partial charge in [0.15, 0.2) is 0 Å². The van der Waals surface area contributed by atoms with Crippen molar-refractivity contribution in [3.05, 3.63) is 0 Å². The van der Waals surface area contributed by atoms with Crippen LogP contribution in [0.2, 0.25) is 0 Å². The third-order valence-corrected chi connectivity index (χ3v) is 4.64. The number of hydrogen-bond acceptors (Lipinski definition) is 3. The topological polar surface area (TPSA) is 24.5 Å². The van der Waals surface area contributed by atoms with Crippen molar-refractivity contribution in [2.75, 3.05) is 45.9 Å². The van der Waals surface area contributed by atoms with Gasteiger partial charge in [0.2, 0.25) is 0 Å². The van der Waals surface area contributed by atoms with Crippen LogP contribution in [-0.4, -0.2) is 50.8 Å². The lowest BCUT2D eigenvalue weighted by Crippen LogP contribution is -2.34. The third kappa shape index (κ3) is 3.43. The highest BCUT2D eigenvalue weighted by Gasteiger charge is 2.53. The fourth-order valence-electron chi connectivity index (χ4n) is 3.26. The summed E-state index contributed by atoms with van der Waals surface area (Å²) in [5.74, 6) is 0.964. The number of likely N-dealkylation sites (N-methyl/N-ethyl adjacent to an activating group) is 1. The summed E-state index contributed by atoms with van der Waals surface area (Å²) in [6.07, 6.45) is 4.28. The quantitative estimate of drug-likeness (QED) is 0.686. The Hall–Kier alpha value is -0.120. The Kier molecular flexibility index (Phi) is 4.83. The van der Waals surface area contributed by atoms with Crippen molar-refractivity contribution < 1.29 is 4.74 Å². The van der Waals surface area contributed by atoms with Crippen molar-refractivity contribution >= 4 is 0 Å². The van der Waals surface area contributed by atoms with Gasteiger partial charge in [-0.15, -0.1) is 0 Å². The van der Waals surface area contributed by atoms with E-state index in [9.17, 15) is 0 Å². The largest absolute Gasteiger partial charge is 0.380 e. The average Bonchev–Trinajstić information content (AvgIpc) is 3.01. The summed E-state index contributed by atoms with van der Waals surface area (Å²) in [6, 6.07) is 0. The lowest BCUT2D eigenvalue weighted by molar-refractivity contribution is 0.110. The lowest BCUT2D eigenvalue weighted by Gasteiger charge is -2.26. The molecule has 0 bridgehead atoms. The zero-order valence-electron chi connectivity index (χ0n) is 11.5. The van der Waals surface area contributed by atoms with Crippen molar-refractivity contribution in [3.63, 3.8) is 0 Å². The minimum absolute atomic E-state index is 0.726. The van der Waals surface area contributed by atoms with Gasteiger partial charge < -0.3 is 15.0 Å². The number of piperidine rings is 1. The lowest BCUT2D eigenvalue weighted by atomic mass is 9.92. The third-order valence-electron chi connectivity index (χ3n) is 4.64. The summed E-state index contributed by atoms with van der Waals surface area (Å²) in [7, 11) is 0. The molecule has 2 fully saturated rings. The smallest absolute Gasteiger partial charge is 0.0593 e. The number of ether oxygens (including phenoxy) is 1. The summed E-state index contributed by atoms with van der Waals surface area (Å²) in [4.78, 5) is 2.57. The van der Waals surface area contributed by atoms with E-state index in [4.69, 9.17) is 4.74 Å². The highest BCUT2D eigenvalue weighted by molar-refractivity contribution is 5.05. The maximum atomic E-state index is 5.45. The van der Waals surface area contributed by atoms with Gasteiger partial charge in [0.1, 0.15) is 0 Å². The molecular formula is C14H28N2O. The zero-order chi connectivity index (χ0) is 12.1. The van der Waals surface area contributed by atoms with Gasteiger partial charge in [-0.05, 0) is 57.2 Å². The van der Waals surface area contributed by atoms with Gasteiger partial charge >= 0.3 is 0 Å². The van der Waals surface area contributed by atoms with E-state index in [0.29, 0.717) is 0 Å². The Morgan fingerprint density at radius 2 is 2.06 bits per heavy atom. The van der Waals surface area contributed by atoms with E-state index in [2.05, 4.69) is 24.1 Å². The van der Waals surface area contributed by atoms with Gasteiger partial charge in [0.25, 0.3) is 0 Å². The predicted octanol–water partition coefficient (Wildman–Crippen LogP) is 1.73. The van der Waals surface area contributed by atoms with E-state index >= 15 is 0 Å². The zero-order valence-corrected chi connectivity index (χ0v) is 11.5. The van der Waals surface area contributed by atoms with Gasteiger partial charge in [-0.3, -0.25) is 0 Å². The Morgan fingerprint density at radius 1 is 1.29 bits per heavy atom. The van der Waals surface area contributed by atoms with Crippen LogP contribution in [-0.2, 0) is 4.74 Å². The molecule has 0 radical (unpaired) electrons. The normalized spacial score (nSPS) is 26.6. The summed E-state index contributed by atoms with van der Waals surface area (Å²) in [6.45, 7) is 12.1. The van der Waals surface area contributed by atoms with Crippen LogP contribution in [0.3, 0.4) is 0 Å². The summed E-state index contributed by atoms with van der Waals surface area (Å²) >= 11 is 0. The van der Waals surface area contributed by atoms with Crippen LogP contribution >= 0.6 is 0 Å². The molecule has 1 aliphatic carbocycles. The highest BCUT2D eigenvalue weighted by atomic mass is 16.5. The van der Waals surface area contributed by atoms with E-state index in [-0.39, 0.29) is 0 Å². The fourth-order valence-corrected chi connectivity index (χ4v) is 3.26. The van der Waals surface area contributed by atoms with Crippen LogP contribution in [0.25, 0.3) is 0 Å². The summed E-state index contributed by atoms with van der Waals surface area (Å²) in [5, 5.41) is 3.48. The molecule has 1 aliphatic heterocycles. The van der Waals surface area contributed by atoms with Crippen molar-refractivity contribution in [1.82, 2.24) is 10.2 Å². The van der Waals surface area contributed by atoms with Crippen molar-refractivity contribution in [1.29, 1.82) is 0 Å². The van der Waals surface area contributed by atoms with E-state index in [1.807, 2.05) is 0 Å². The van der Waals surface area contributed by atoms with Crippen molar-refractivity contribution in [3.8, 4) is 0 Å². The molecule has 0 aromatic carbocycles. The number of hydrogen-bond donors (Lipinski definition) is 1. The van der Waals surface area contributed by atoms with Gasteiger partial charge in [0.05, 0.1) is 6.61 Å². The first-order chi connectivity index (χ1) is 8.30. The second-order valence-electron chi connectivity index (χ2n) is 5.60.